The highest BCUT2D eigenvalue weighted by Crippen LogP contribution is 2.05. The lowest BCUT2D eigenvalue weighted by Gasteiger charge is -2.13. The van der Waals surface area contributed by atoms with Crippen LogP contribution in [0.2, 0.25) is 0 Å². The smallest absolute Gasteiger partial charge is 0.253 e. The minimum Gasteiger partial charge on any atom is -0.289 e. The quantitative estimate of drug-likeness (QED) is 0.260. The topological polar surface area (TPSA) is 108 Å². The SMILES string of the molecule is O=[C]CNNNC(=O)CCCN1C(=O)C=CC1=O. The molecule has 0 aromatic carbocycles. The summed E-state index contributed by atoms with van der Waals surface area (Å²) < 4.78 is 0. The zero-order valence-corrected chi connectivity index (χ0v) is 9.56. The van der Waals surface area contributed by atoms with Crippen LogP contribution in [0.5, 0.6) is 0 Å². The first-order chi connectivity index (χ1) is 8.65. The normalized spacial score (nSPS) is 14.1. The van der Waals surface area contributed by atoms with Crippen LogP contribution in [0.1, 0.15) is 12.8 Å². The molecule has 0 bridgehead atoms. The molecule has 0 aromatic heterocycles. The maximum Gasteiger partial charge on any atom is 0.253 e. The van der Waals surface area contributed by atoms with Gasteiger partial charge in [-0.2, -0.15) is 5.53 Å². The highest BCUT2D eigenvalue weighted by molar-refractivity contribution is 6.12. The fraction of sp³-hybridized carbons (Fsp3) is 0.400. The van der Waals surface area contributed by atoms with Crippen LogP contribution in [-0.2, 0) is 19.2 Å². The van der Waals surface area contributed by atoms with Gasteiger partial charge in [0.2, 0.25) is 12.2 Å². The number of rotatable bonds is 8. The molecule has 0 aromatic rings. The van der Waals surface area contributed by atoms with E-state index in [1.54, 1.807) is 6.29 Å². The molecule has 1 aliphatic heterocycles. The summed E-state index contributed by atoms with van der Waals surface area (Å²) in [5.74, 6) is -1.04. The number of hydrogen-bond donors (Lipinski definition) is 3. The predicted octanol–water partition coefficient (Wildman–Crippen LogP) is -2.07. The van der Waals surface area contributed by atoms with Gasteiger partial charge >= 0.3 is 0 Å². The minimum absolute atomic E-state index is 0.0528. The van der Waals surface area contributed by atoms with Crippen molar-refractivity contribution in [3.8, 4) is 0 Å². The van der Waals surface area contributed by atoms with Gasteiger partial charge in [-0.1, -0.05) is 0 Å². The Morgan fingerprint density at radius 2 is 1.94 bits per heavy atom. The van der Waals surface area contributed by atoms with Crippen LogP contribution >= 0.6 is 0 Å². The van der Waals surface area contributed by atoms with Crippen molar-refractivity contribution in [1.29, 1.82) is 0 Å². The van der Waals surface area contributed by atoms with E-state index in [4.69, 9.17) is 0 Å². The van der Waals surface area contributed by atoms with E-state index in [0.717, 1.165) is 4.90 Å². The van der Waals surface area contributed by atoms with E-state index in [2.05, 4.69) is 16.4 Å². The lowest BCUT2D eigenvalue weighted by atomic mass is 10.3. The number of hydrazine groups is 2. The number of carbonyl (C=O) groups excluding carboxylic acids is 4. The summed E-state index contributed by atoms with van der Waals surface area (Å²) in [6, 6.07) is 0. The maximum absolute atomic E-state index is 11.2. The highest BCUT2D eigenvalue weighted by atomic mass is 16.2. The Morgan fingerprint density at radius 1 is 1.28 bits per heavy atom. The molecule has 1 aliphatic rings. The molecule has 0 aliphatic carbocycles. The monoisotopic (exact) mass is 253 g/mol. The molecule has 18 heavy (non-hydrogen) atoms. The highest BCUT2D eigenvalue weighted by Gasteiger charge is 2.22. The second kappa shape index (κ2) is 7.30. The molecule has 3 N–H and O–H groups in total. The molecule has 0 saturated heterocycles. The molecule has 0 unspecified atom stereocenters. The van der Waals surface area contributed by atoms with Crippen molar-refractivity contribution in [3.63, 3.8) is 0 Å². The fourth-order valence-corrected chi connectivity index (χ4v) is 1.31. The first-order valence-electron chi connectivity index (χ1n) is 5.30. The van der Waals surface area contributed by atoms with Crippen molar-refractivity contribution >= 4 is 24.0 Å². The van der Waals surface area contributed by atoms with E-state index in [9.17, 15) is 19.2 Å². The zero-order chi connectivity index (χ0) is 13.4. The van der Waals surface area contributed by atoms with Crippen LogP contribution in [-0.4, -0.2) is 42.0 Å². The lowest BCUT2D eigenvalue weighted by molar-refractivity contribution is -0.137. The van der Waals surface area contributed by atoms with Gasteiger partial charge in [0.05, 0.1) is 6.54 Å². The molecular formula is C10H13N4O4. The second-order valence-corrected chi connectivity index (χ2v) is 3.44. The van der Waals surface area contributed by atoms with Gasteiger partial charge in [0.25, 0.3) is 11.8 Å². The standard InChI is InChI=1S/C10H13N4O4/c15-7-5-11-13-12-8(16)2-1-6-14-9(17)3-4-10(14)18/h3-4,11,13H,1-2,5-6H2,(H,12,16). The number of nitrogens with one attached hydrogen (secondary N) is 3. The van der Waals surface area contributed by atoms with Crippen LogP contribution in [0.15, 0.2) is 12.2 Å². The number of imide groups is 1. The molecular weight excluding hydrogens is 240 g/mol. The molecule has 0 fully saturated rings. The molecule has 1 heterocycles. The number of amides is 3. The maximum atomic E-state index is 11.2. The Balaban J connectivity index is 2.10. The van der Waals surface area contributed by atoms with E-state index in [1.807, 2.05) is 0 Å². The van der Waals surface area contributed by atoms with E-state index >= 15 is 0 Å². The van der Waals surface area contributed by atoms with Crippen molar-refractivity contribution in [1.82, 2.24) is 21.3 Å². The largest absolute Gasteiger partial charge is 0.289 e. The van der Waals surface area contributed by atoms with Crippen LogP contribution in [0.4, 0.5) is 0 Å². The third kappa shape index (κ3) is 4.44. The molecule has 0 saturated carbocycles. The van der Waals surface area contributed by atoms with E-state index in [0.29, 0.717) is 6.42 Å². The van der Waals surface area contributed by atoms with Gasteiger partial charge in [-0.3, -0.25) is 29.5 Å². The van der Waals surface area contributed by atoms with Gasteiger partial charge in [0.15, 0.2) is 0 Å². The number of nitrogens with zero attached hydrogens (tertiary/aromatic N) is 1. The Bertz CT molecular complexity index is 362. The molecule has 1 radical (unpaired) electrons. The molecule has 3 amide bonds. The Labute approximate surface area is 103 Å². The third-order valence-corrected chi connectivity index (χ3v) is 2.14. The molecule has 8 heteroatoms. The average molecular weight is 253 g/mol. The zero-order valence-electron chi connectivity index (χ0n) is 9.56. The molecule has 8 nitrogen and oxygen atoms in total. The summed E-state index contributed by atoms with van der Waals surface area (Å²) in [4.78, 5) is 44.4. The number of hydrogen-bond acceptors (Lipinski definition) is 6. The van der Waals surface area contributed by atoms with Crippen molar-refractivity contribution in [2.45, 2.75) is 12.8 Å². The Hall–Kier alpha value is -2.06. The first-order valence-corrected chi connectivity index (χ1v) is 5.30. The minimum atomic E-state index is -0.360. The molecule has 0 atom stereocenters. The second-order valence-electron chi connectivity index (χ2n) is 3.44. The van der Waals surface area contributed by atoms with Crippen LogP contribution < -0.4 is 16.4 Å². The summed E-state index contributed by atoms with van der Waals surface area (Å²) in [7, 11) is 0. The average Bonchev–Trinajstić information content (AvgIpc) is 2.66. The van der Waals surface area contributed by atoms with Gasteiger partial charge in [-0.15, -0.1) is 0 Å². The van der Waals surface area contributed by atoms with Crippen LogP contribution in [0, 0.1) is 0 Å². The summed E-state index contributed by atoms with van der Waals surface area (Å²) >= 11 is 0. The van der Waals surface area contributed by atoms with Crippen molar-refractivity contribution in [3.05, 3.63) is 12.2 Å². The summed E-state index contributed by atoms with van der Waals surface area (Å²) in [5.41, 5.74) is 6.97. The van der Waals surface area contributed by atoms with Crippen molar-refractivity contribution < 1.29 is 19.2 Å². The fourth-order valence-electron chi connectivity index (χ4n) is 1.31. The van der Waals surface area contributed by atoms with Gasteiger partial charge in [-0.05, 0) is 6.42 Å². The van der Waals surface area contributed by atoms with Gasteiger partial charge in [0.1, 0.15) is 0 Å². The van der Waals surface area contributed by atoms with Crippen LogP contribution in [0.3, 0.4) is 0 Å². The van der Waals surface area contributed by atoms with E-state index in [-0.39, 0.29) is 37.2 Å². The summed E-state index contributed by atoms with van der Waals surface area (Å²) in [6.07, 6.45) is 4.48. The molecule has 0 spiro atoms. The van der Waals surface area contributed by atoms with Gasteiger partial charge in [0, 0.05) is 25.1 Å². The third-order valence-electron chi connectivity index (χ3n) is 2.14. The summed E-state index contributed by atoms with van der Waals surface area (Å²) in [5, 5.41) is 0. The lowest BCUT2D eigenvalue weighted by Crippen LogP contribution is -2.47. The van der Waals surface area contributed by atoms with E-state index in [1.165, 1.54) is 12.2 Å². The van der Waals surface area contributed by atoms with Crippen LogP contribution in [0.25, 0.3) is 0 Å². The summed E-state index contributed by atoms with van der Waals surface area (Å²) in [6.45, 7) is 0.149. The first kappa shape index (κ1) is 14.0. The van der Waals surface area contributed by atoms with Crippen molar-refractivity contribution in [2.75, 3.05) is 13.1 Å². The Kier molecular flexibility index (Phi) is 5.68. The number of carbonyl (C=O) groups is 3. The molecule has 97 valence electrons. The Morgan fingerprint density at radius 3 is 2.56 bits per heavy atom. The van der Waals surface area contributed by atoms with Crippen molar-refractivity contribution in [2.24, 2.45) is 0 Å². The molecule has 1 rings (SSSR count). The van der Waals surface area contributed by atoms with Gasteiger partial charge < -0.3 is 0 Å². The van der Waals surface area contributed by atoms with Gasteiger partial charge in [-0.25, -0.2) is 5.43 Å². The predicted molar refractivity (Wildman–Crippen MR) is 60.1 cm³/mol. The van der Waals surface area contributed by atoms with E-state index < -0.39 is 0 Å².